The number of hydrogen-bond acceptors (Lipinski definition) is 7. The van der Waals surface area contributed by atoms with Crippen molar-refractivity contribution >= 4 is 24.7 Å². The lowest BCUT2D eigenvalue weighted by atomic mass is 10.3. The summed E-state index contributed by atoms with van der Waals surface area (Å²) in [4.78, 5) is 29.6. The van der Waals surface area contributed by atoms with Crippen molar-refractivity contribution in [3.8, 4) is 5.88 Å². The molecule has 2 heterocycles. The highest BCUT2D eigenvalue weighted by molar-refractivity contribution is 7.51. The number of rotatable bonds is 5. The van der Waals surface area contributed by atoms with Crippen LogP contribution in [-0.4, -0.2) is 46.2 Å². The number of hydrogen-bond donors (Lipinski definition) is 5. The molecular formula is C10H15N6O4P. The van der Waals surface area contributed by atoms with E-state index in [-0.39, 0.29) is 29.2 Å². The Bertz CT molecular complexity index is 736. The quantitative estimate of drug-likeness (QED) is 0.453. The fraction of sp³-hybridized carbons (Fsp3) is 0.500. The fourth-order valence-corrected chi connectivity index (χ4v) is 2.74. The van der Waals surface area contributed by atoms with E-state index in [1.54, 1.807) is 4.57 Å². The van der Waals surface area contributed by atoms with Gasteiger partial charge in [0.05, 0.1) is 12.6 Å². The van der Waals surface area contributed by atoms with Crippen LogP contribution in [0.2, 0.25) is 0 Å². The molecule has 114 valence electrons. The Balaban J connectivity index is 1.84. The molecule has 0 bridgehead atoms. The maximum Gasteiger partial charge on any atom is 0.339 e. The minimum atomic E-state index is -4.10. The zero-order valence-corrected chi connectivity index (χ0v) is 11.9. The van der Waals surface area contributed by atoms with Crippen molar-refractivity contribution in [2.75, 3.05) is 12.0 Å². The zero-order valence-electron chi connectivity index (χ0n) is 11.0. The Morgan fingerprint density at radius 3 is 2.76 bits per heavy atom. The molecule has 0 spiro atoms. The van der Waals surface area contributed by atoms with Gasteiger partial charge in [-0.2, -0.15) is 9.97 Å². The van der Waals surface area contributed by atoms with Crippen LogP contribution in [0.25, 0.3) is 11.2 Å². The summed E-state index contributed by atoms with van der Waals surface area (Å²) in [5.74, 6) is -0.348. The summed E-state index contributed by atoms with van der Waals surface area (Å²) >= 11 is 0. The topological polar surface area (TPSA) is 159 Å². The Kier molecular flexibility index (Phi) is 3.14. The molecule has 1 aliphatic carbocycles. The first-order valence-corrected chi connectivity index (χ1v) is 8.05. The summed E-state index contributed by atoms with van der Waals surface area (Å²) in [6, 6.07) is 0. The number of fused-ring (bicyclic) bond motifs is 1. The first kappa shape index (κ1) is 14.2. The molecule has 0 saturated heterocycles. The normalized spacial score (nSPS) is 17.2. The molecule has 1 aliphatic rings. The summed E-state index contributed by atoms with van der Waals surface area (Å²) in [5.41, 5.74) is 5.76. The fourth-order valence-electron chi connectivity index (χ4n) is 2.20. The average Bonchev–Trinajstić information content (AvgIpc) is 3.02. The Morgan fingerprint density at radius 1 is 1.43 bits per heavy atom. The van der Waals surface area contributed by atoms with E-state index < -0.39 is 7.60 Å². The number of nitrogens with two attached hydrogens (primary N) is 1. The predicted octanol–water partition coefficient (Wildman–Crippen LogP) is -0.629. The highest BCUT2D eigenvalue weighted by Crippen LogP contribution is 2.41. The van der Waals surface area contributed by atoms with Gasteiger partial charge in [-0.1, -0.05) is 0 Å². The third-order valence-electron chi connectivity index (χ3n) is 3.45. The molecule has 3 rings (SSSR count). The minimum absolute atomic E-state index is 0.0604. The number of anilines is 1. The summed E-state index contributed by atoms with van der Waals surface area (Å²) in [7, 11) is -4.10. The van der Waals surface area contributed by atoms with Gasteiger partial charge < -0.3 is 25.2 Å². The number of nitrogens with one attached hydrogen (secondary N) is 1. The second-order valence-corrected chi connectivity index (χ2v) is 6.88. The van der Waals surface area contributed by atoms with Gasteiger partial charge in [0.25, 0.3) is 0 Å². The third kappa shape index (κ3) is 2.98. The van der Waals surface area contributed by atoms with E-state index in [1.165, 1.54) is 6.33 Å². The van der Waals surface area contributed by atoms with Crippen LogP contribution in [0.1, 0.15) is 12.8 Å². The lowest BCUT2D eigenvalue weighted by Crippen LogP contribution is -2.36. The molecule has 6 N–H and O–H groups in total. The van der Waals surface area contributed by atoms with Crippen LogP contribution in [0.15, 0.2) is 6.33 Å². The summed E-state index contributed by atoms with van der Waals surface area (Å²) in [6.07, 6.45) is 2.71. The summed E-state index contributed by atoms with van der Waals surface area (Å²) < 4.78 is 12.6. The predicted molar refractivity (Wildman–Crippen MR) is 73.4 cm³/mol. The average molecular weight is 314 g/mol. The molecule has 0 amide bonds. The van der Waals surface area contributed by atoms with Crippen molar-refractivity contribution in [3.05, 3.63) is 6.33 Å². The lowest BCUT2D eigenvalue weighted by molar-refractivity contribution is 0.355. The molecule has 10 nitrogen and oxygen atoms in total. The van der Waals surface area contributed by atoms with Crippen molar-refractivity contribution < 1.29 is 19.5 Å². The first-order valence-electron chi connectivity index (χ1n) is 6.25. The van der Waals surface area contributed by atoms with Crippen LogP contribution in [0, 0.1) is 0 Å². The number of imidazole rings is 1. The molecule has 2 aromatic rings. The molecule has 0 aromatic carbocycles. The van der Waals surface area contributed by atoms with Crippen LogP contribution >= 0.6 is 7.60 Å². The maximum atomic E-state index is 11.0. The van der Waals surface area contributed by atoms with Gasteiger partial charge in [0.1, 0.15) is 0 Å². The van der Waals surface area contributed by atoms with E-state index in [4.69, 9.17) is 15.5 Å². The van der Waals surface area contributed by atoms with Gasteiger partial charge >= 0.3 is 7.60 Å². The molecule has 0 aliphatic heterocycles. The summed E-state index contributed by atoms with van der Waals surface area (Å²) in [5, 5.41) is 12.6. The smallest absolute Gasteiger partial charge is 0.339 e. The third-order valence-corrected chi connectivity index (χ3v) is 4.02. The van der Waals surface area contributed by atoms with Gasteiger partial charge in [-0.25, -0.2) is 4.98 Å². The molecule has 2 aromatic heterocycles. The monoisotopic (exact) mass is 314 g/mol. The van der Waals surface area contributed by atoms with Crippen LogP contribution in [0.5, 0.6) is 5.88 Å². The maximum absolute atomic E-state index is 11.0. The zero-order chi connectivity index (χ0) is 15.3. The number of nitrogens with zero attached hydrogens (tertiary/aromatic N) is 4. The highest BCUT2D eigenvalue weighted by Gasteiger charge is 2.44. The molecule has 1 fully saturated rings. The van der Waals surface area contributed by atoms with Crippen LogP contribution in [-0.2, 0) is 11.1 Å². The second kappa shape index (κ2) is 4.63. The van der Waals surface area contributed by atoms with E-state index in [1.807, 2.05) is 0 Å². The Morgan fingerprint density at radius 2 is 2.14 bits per heavy atom. The Hall–Kier alpha value is -1.74. The number of nitrogen functional groups attached to an aromatic ring is 1. The van der Waals surface area contributed by atoms with Crippen molar-refractivity contribution in [1.82, 2.24) is 24.8 Å². The molecule has 11 heteroatoms. The van der Waals surface area contributed by atoms with E-state index >= 15 is 0 Å². The number of aromatic nitrogens is 4. The molecule has 0 atom stereocenters. The van der Waals surface area contributed by atoms with Crippen LogP contribution in [0.3, 0.4) is 0 Å². The van der Waals surface area contributed by atoms with E-state index in [0.717, 1.165) is 12.8 Å². The lowest BCUT2D eigenvalue weighted by Gasteiger charge is -2.18. The van der Waals surface area contributed by atoms with Crippen molar-refractivity contribution in [2.45, 2.75) is 24.9 Å². The standard InChI is InChI=1S/C10H15N6O4P/c11-9-14-7-6(8(17)15-9)12-4-16(7)3-10(1-2-10)13-5-21(18,19)20/h4,13H,1-3,5H2,(H2,18,19,20)(H3,11,14,15,17). The van der Waals surface area contributed by atoms with E-state index in [0.29, 0.717) is 12.2 Å². The first-order chi connectivity index (χ1) is 9.78. The van der Waals surface area contributed by atoms with Gasteiger partial charge in [0.2, 0.25) is 11.8 Å². The van der Waals surface area contributed by atoms with Gasteiger partial charge in [0.15, 0.2) is 11.2 Å². The molecule has 0 radical (unpaired) electrons. The SMILES string of the molecule is Nc1nc(O)c2ncn(CC3(NCP(=O)(O)O)CC3)c2n1. The van der Waals surface area contributed by atoms with E-state index in [2.05, 4.69) is 20.3 Å². The second-order valence-electron chi connectivity index (χ2n) is 5.23. The number of aromatic hydroxyl groups is 1. The molecule has 1 saturated carbocycles. The van der Waals surface area contributed by atoms with E-state index in [9.17, 15) is 9.67 Å². The van der Waals surface area contributed by atoms with Crippen molar-refractivity contribution in [2.24, 2.45) is 0 Å². The largest absolute Gasteiger partial charge is 0.492 e. The van der Waals surface area contributed by atoms with Gasteiger partial charge in [-0.05, 0) is 12.8 Å². The molecule has 0 unspecified atom stereocenters. The minimum Gasteiger partial charge on any atom is -0.492 e. The van der Waals surface area contributed by atoms with Crippen molar-refractivity contribution in [1.29, 1.82) is 0 Å². The van der Waals surface area contributed by atoms with Gasteiger partial charge in [-0.3, -0.25) is 9.88 Å². The van der Waals surface area contributed by atoms with Gasteiger partial charge in [0, 0.05) is 12.1 Å². The van der Waals surface area contributed by atoms with Crippen LogP contribution < -0.4 is 11.1 Å². The summed E-state index contributed by atoms with van der Waals surface area (Å²) in [6.45, 7) is 0.430. The molecular weight excluding hydrogens is 299 g/mol. The van der Waals surface area contributed by atoms with Crippen molar-refractivity contribution in [3.63, 3.8) is 0 Å². The van der Waals surface area contributed by atoms with Gasteiger partial charge in [-0.15, -0.1) is 0 Å². The highest BCUT2D eigenvalue weighted by atomic mass is 31.2. The van der Waals surface area contributed by atoms with Crippen LogP contribution in [0.4, 0.5) is 5.95 Å². The Labute approximate surface area is 119 Å². The molecule has 21 heavy (non-hydrogen) atoms.